The standard InChI is InChI=1S/C16H14ClN3O/c17-11-4-1-3-10(9-11)14-16(21)20(12-6-7-12)15-13(19-14)5-2-8-18-15/h1-5,8-9,12,16,21H,6-7H2. The van der Waals surface area contributed by atoms with Gasteiger partial charge in [-0.15, -0.1) is 0 Å². The van der Waals surface area contributed by atoms with Gasteiger partial charge in [0.15, 0.2) is 12.0 Å². The SMILES string of the molecule is OC1C(c2cccc(Cl)c2)=Nc2cccnc2N1C1CC1. The molecule has 2 heterocycles. The van der Waals surface area contributed by atoms with Crippen LogP contribution in [0.1, 0.15) is 18.4 Å². The Morgan fingerprint density at radius 3 is 2.81 bits per heavy atom. The van der Waals surface area contributed by atoms with Crippen LogP contribution in [0, 0.1) is 0 Å². The lowest BCUT2D eigenvalue weighted by Gasteiger charge is -2.34. The van der Waals surface area contributed by atoms with Crippen molar-refractivity contribution < 1.29 is 5.11 Å². The van der Waals surface area contributed by atoms with Gasteiger partial charge in [0.1, 0.15) is 5.69 Å². The number of fused-ring (bicyclic) bond motifs is 1. The van der Waals surface area contributed by atoms with Crippen LogP contribution >= 0.6 is 11.6 Å². The van der Waals surface area contributed by atoms with E-state index in [4.69, 9.17) is 11.6 Å². The molecule has 1 aromatic heterocycles. The molecule has 2 aromatic rings. The van der Waals surface area contributed by atoms with Crippen LogP contribution in [-0.4, -0.2) is 28.1 Å². The maximum atomic E-state index is 10.7. The molecule has 1 atom stereocenters. The fourth-order valence-electron chi connectivity index (χ4n) is 2.70. The topological polar surface area (TPSA) is 48.7 Å². The molecule has 1 unspecified atom stereocenters. The highest BCUT2D eigenvalue weighted by atomic mass is 35.5. The summed E-state index contributed by atoms with van der Waals surface area (Å²) in [6, 6.07) is 11.6. The third kappa shape index (κ3) is 2.20. The summed E-state index contributed by atoms with van der Waals surface area (Å²) in [5.74, 6) is 0.762. The molecule has 1 N–H and O–H groups in total. The highest BCUT2D eigenvalue weighted by molar-refractivity contribution is 6.31. The third-order valence-corrected chi connectivity index (χ3v) is 4.06. The predicted octanol–water partition coefficient (Wildman–Crippen LogP) is 3.16. The molecular formula is C16H14ClN3O. The summed E-state index contributed by atoms with van der Waals surface area (Å²) in [7, 11) is 0. The Morgan fingerprint density at radius 1 is 1.19 bits per heavy atom. The Kier molecular flexibility index (Phi) is 2.94. The van der Waals surface area contributed by atoms with Crippen molar-refractivity contribution in [3.63, 3.8) is 0 Å². The van der Waals surface area contributed by atoms with Gasteiger partial charge in [-0.3, -0.25) is 0 Å². The summed E-state index contributed by atoms with van der Waals surface area (Å²) in [5.41, 5.74) is 2.27. The molecule has 21 heavy (non-hydrogen) atoms. The van der Waals surface area contributed by atoms with Crippen LogP contribution in [0.15, 0.2) is 47.6 Å². The molecule has 106 valence electrons. The van der Waals surface area contributed by atoms with Crippen LogP contribution in [0.25, 0.3) is 0 Å². The predicted molar refractivity (Wildman–Crippen MR) is 83.4 cm³/mol. The van der Waals surface area contributed by atoms with Crippen LogP contribution < -0.4 is 4.90 Å². The zero-order valence-corrected chi connectivity index (χ0v) is 12.0. The maximum Gasteiger partial charge on any atom is 0.172 e. The quantitative estimate of drug-likeness (QED) is 0.926. The van der Waals surface area contributed by atoms with Crippen molar-refractivity contribution in [3.05, 3.63) is 53.2 Å². The van der Waals surface area contributed by atoms with Crippen molar-refractivity contribution in [1.82, 2.24) is 4.98 Å². The normalized spacial score (nSPS) is 21.0. The van der Waals surface area contributed by atoms with Gasteiger partial charge < -0.3 is 10.0 Å². The van der Waals surface area contributed by atoms with E-state index in [1.54, 1.807) is 6.20 Å². The molecular weight excluding hydrogens is 286 g/mol. The average Bonchev–Trinajstić information content (AvgIpc) is 3.31. The minimum Gasteiger partial charge on any atom is -0.368 e. The van der Waals surface area contributed by atoms with Crippen molar-refractivity contribution in [1.29, 1.82) is 0 Å². The fourth-order valence-corrected chi connectivity index (χ4v) is 2.89. The van der Waals surface area contributed by atoms with E-state index in [2.05, 4.69) is 9.98 Å². The second-order valence-electron chi connectivity index (χ2n) is 5.37. The first-order valence-corrected chi connectivity index (χ1v) is 7.38. The molecule has 0 amide bonds. The number of aliphatic hydroxyl groups is 1. The highest BCUT2D eigenvalue weighted by Crippen LogP contribution is 2.40. The third-order valence-electron chi connectivity index (χ3n) is 3.82. The molecule has 1 aliphatic carbocycles. The van der Waals surface area contributed by atoms with E-state index in [0.29, 0.717) is 16.8 Å². The minimum atomic E-state index is -0.779. The summed E-state index contributed by atoms with van der Waals surface area (Å²) in [4.78, 5) is 11.0. The Balaban J connectivity index is 1.86. The van der Waals surface area contributed by atoms with E-state index >= 15 is 0 Å². The van der Waals surface area contributed by atoms with Crippen molar-refractivity contribution in [2.75, 3.05) is 4.90 Å². The molecule has 4 nitrogen and oxygen atoms in total. The summed E-state index contributed by atoms with van der Waals surface area (Å²) in [6.45, 7) is 0. The van der Waals surface area contributed by atoms with Gasteiger partial charge in [-0.1, -0.05) is 23.7 Å². The zero-order chi connectivity index (χ0) is 14.4. The van der Waals surface area contributed by atoms with E-state index in [0.717, 1.165) is 29.9 Å². The van der Waals surface area contributed by atoms with Crippen molar-refractivity contribution in [2.45, 2.75) is 25.1 Å². The highest BCUT2D eigenvalue weighted by Gasteiger charge is 2.40. The number of rotatable bonds is 2. The lowest BCUT2D eigenvalue weighted by molar-refractivity contribution is 0.230. The lowest BCUT2D eigenvalue weighted by Crippen LogP contribution is -2.45. The molecule has 0 saturated heterocycles. The Bertz CT molecular complexity index is 727. The number of hydrogen-bond acceptors (Lipinski definition) is 4. The van der Waals surface area contributed by atoms with E-state index in [1.165, 1.54) is 0 Å². The van der Waals surface area contributed by atoms with Crippen LogP contribution in [0.5, 0.6) is 0 Å². The monoisotopic (exact) mass is 299 g/mol. The number of nitrogens with zero attached hydrogens (tertiary/aromatic N) is 3. The zero-order valence-electron chi connectivity index (χ0n) is 11.3. The number of pyridine rings is 1. The second-order valence-corrected chi connectivity index (χ2v) is 5.80. The fraction of sp³-hybridized carbons (Fsp3) is 0.250. The van der Waals surface area contributed by atoms with Gasteiger partial charge in [0, 0.05) is 22.8 Å². The molecule has 1 aromatic carbocycles. The van der Waals surface area contributed by atoms with Gasteiger partial charge in [0.25, 0.3) is 0 Å². The maximum absolute atomic E-state index is 10.7. The summed E-state index contributed by atoms with van der Waals surface area (Å²) >= 11 is 6.06. The number of anilines is 1. The van der Waals surface area contributed by atoms with E-state index in [9.17, 15) is 5.11 Å². The second kappa shape index (κ2) is 4.83. The van der Waals surface area contributed by atoms with Gasteiger partial charge in [-0.05, 0) is 37.1 Å². The molecule has 5 heteroatoms. The number of hydrogen-bond donors (Lipinski definition) is 1. The van der Waals surface area contributed by atoms with E-state index < -0.39 is 6.23 Å². The molecule has 2 aliphatic rings. The number of aliphatic hydroxyl groups excluding tert-OH is 1. The smallest absolute Gasteiger partial charge is 0.172 e. The largest absolute Gasteiger partial charge is 0.368 e. The van der Waals surface area contributed by atoms with Crippen LogP contribution in [0.3, 0.4) is 0 Å². The summed E-state index contributed by atoms with van der Waals surface area (Å²) < 4.78 is 0. The number of aliphatic imine (C=N–C) groups is 1. The van der Waals surface area contributed by atoms with Crippen LogP contribution in [-0.2, 0) is 0 Å². The first-order valence-electron chi connectivity index (χ1n) is 7.00. The van der Waals surface area contributed by atoms with Gasteiger partial charge in [0.05, 0.1) is 5.71 Å². The molecule has 4 rings (SSSR count). The van der Waals surface area contributed by atoms with E-state index in [-0.39, 0.29) is 0 Å². The Hall–Kier alpha value is -1.91. The minimum absolute atomic E-state index is 0.346. The van der Waals surface area contributed by atoms with Crippen molar-refractivity contribution >= 4 is 28.8 Å². The van der Waals surface area contributed by atoms with E-state index in [1.807, 2.05) is 41.3 Å². The Morgan fingerprint density at radius 2 is 2.05 bits per heavy atom. The molecule has 1 fully saturated rings. The van der Waals surface area contributed by atoms with Crippen LogP contribution in [0.4, 0.5) is 11.5 Å². The van der Waals surface area contributed by atoms with Gasteiger partial charge in [-0.2, -0.15) is 0 Å². The molecule has 0 bridgehead atoms. The van der Waals surface area contributed by atoms with Gasteiger partial charge in [0.2, 0.25) is 0 Å². The molecule has 0 spiro atoms. The summed E-state index contributed by atoms with van der Waals surface area (Å²) in [6.07, 6.45) is 3.12. The number of halogens is 1. The van der Waals surface area contributed by atoms with Gasteiger partial charge in [-0.25, -0.2) is 9.98 Å². The van der Waals surface area contributed by atoms with Crippen molar-refractivity contribution in [2.24, 2.45) is 4.99 Å². The first-order chi connectivity index (χ1) is 10.2. The lowest BCUT2D eigenvalue weighted by atomic mass is 10.1. The summed E-state index contributed by atoms with van der Waals surface area (Å²) in [5, 5.41) is 11.4. The average molecular weight is 300 g/mol. The van der Waals surface area contributed by atoms with Crippen LogP contribution in [0.2, 0.25) is 5.02 Å². The Labute approximate surface area is 127 Å². The number of benzene rings is 1. The first kappa shape index (κ1) is 12.8. The molecule has 0 radical (unpaired) electrons. The molecule has 1 saturated carbocycles. The molecule has 1 aliphatic heterocycles. The van der Waals surface area contributed by atoms with Crippen molar-refractivity contribution in [3.8, 4) is 0 Å². The van der Waals surface area contributed by atoms with Gasteiger partial charge >= 0.3 is 0 Å². The number of aromatic nitrogens is 1.